The van der Waals surface area contributed by atoms with Crippen molar-refractivity contribution < 1.29 is 19.2 Å². The molecule has 0 unspecified atom stereocenters. The van der Waals surface area contributed by atoms with Crippen LogP contribution in [0.1, 0.15) is 163 Å². The third kappa shape index (κ3) is 12.0. The zero-order valence-corrected chi connectivity index (χ0v) is 39.9. The molecule has 2 amide bonds. The quantitative estimate of drug-likeness (QED) is 0.0307. The largest absolute Gasteiger partial charge is 0.348 e. The lowest BCUT2D eigenvalue weighted by Gasteiger charge is -2.38. The Labute approximate surface area is 387 Å². The molecule has 2 aromatic heterocycles. The van der Waals surface area contributed by atoms with Crippen molar-refractivity contribution in [3.05, 3.63) is 84.0 Å². The van der Waals surface area contributed by atoms with Gasteiger partial charge in [-0.25, -0.2) is 9.97 Å². The van der Waals surface area contributed by atoms with Crippen molar-refractivity contribution in [2.24, 2.45) is 34.1 Å². The van der Waals surface area contributed by atoms with E-state index in [1.165, 1.54) is 21.6 Å². The fourth-order valence-electron chi connectivity index (χ4n) is 10.1. The van der Waals surface area contributed by atoms with E-state index in [2.05, 4.69) is 58.3 Å². The number of H-pyrrole nitrogens is 2. The smallest absolute Gasteiger partial charge is 0.230 e. The van der Waals surface area contributed by atoms with E-state index in [0.29, 0.717) is 44.1 Å². The minimum Gasteiger partial charge on any atom is -0.348 e. The van der Waals surface area contributed by atoms with Crippen LogP contribution in [0.5, 0.6) is 0 Å². The van der Waals surface area contributed by atoms with Gasteiger partial charge < -0.3 is 32.1 Å². The number of benzene rings is 2. The van der Waals surface area contributed by atoms with Crippen LogP contribution in [0.4, 0.5) is 11.4 Å². The Morgan fingerprint density at radius 1 is 0.609 bits per heavy atom. The van der Waals surface area contributed by atoms with Crippen molar-refractivity contribution >= 4 is 56.3 Å². The lowest BCUT2D eigenvalue weighted by atomic mass is 9.67. The summed E-state index contributed by atoms with van der Waals surface area (Å²) in [7, 11) is 2.74. The van der Waals surface area contributed by atoms with Crippen LogP contribution in [0, 0.1) is 22.7 Å². The molecule has 0 aliphatic heterocycles. The second-order valence-corrected chi connectivity index (χ2v) is 20.6. The van der Waals surface area contributed by atoms with Gasteiger partial charge in [-0.1, -0.05) is 126 Å². The predicted octanol–water partition coefficient (Wildman–Crippen LogP) is 10.9. The van der Waals surface area contributed by atoms with Gasteiger partial charge in [-0.05, 0) is 74.6 Å². The summed E-state index contributed by atoms with van der Waals surface area (Å²) in [4.78, 5) is 74.1. The number of hydrogen-bond acceptors (Lipinski definition) is 10. The SMILES string of the molecule is CCC(CC)CC1(C(=O)Nc2c(SSc3cccc(C(=O)[C@@H](N)Cc4cnc[nH]4)c3NC(=O)C3(CC(CC)CC)CCCCC3)cccc2C(=O)[C@@H](N)Cc2cnc[nH]2)CCCCC1. The highest BCUT2D eigenvalue weighted by atomic mass is 33.1. The number of rotatable bonds is 23. The molecule has 0 saturated heterocycles. The van der Waals surface area contributed by atoms with Gasteiger partial charge in [0.2, 0.25) is 11.8 Å². The molecular formula is C50H70N8O4S2. The molecule has 0 spiro atoms. The number of amides is 2. The molecule has 6 rings (SSSR count). The minimum absolute atomic E-state index is 0.0598. The van der Waals surface area contributed by atoms with Gasteiger partial charge in [-0.15, -0.1) is 0 Å². The Bertz CT molecular complexity index is 1990. The number of ketones is 2. The topological polar surface area (TPSA) is 202 Å². The molecule has 2 atom stereocenters. The van der Waals surface area contributed by atoms with Crippen LogP contribution >= 0.6 is 21.6 Å². The Morgan fingerprint density at radius 3 is 1.31 bits per heavy atom. The third-order valence-corrected chi connectivity index (χ3v) is 16.6. The number of aromatic amines is 2. The van der Waals surface area contributed by atoms with Gasteiger partial charge in [0.15, 0.2) is 11.6 Å². The van der Waals surface area contributed by atoms with Gasteiger partial charge in [0, 0.05) is 68.4 Å². The number of aromatic nitrogens is 4. The molecule has 14 heteroatoms. The van der Waals surface area contributed by atoms with E-state index in [1.54, 1.807) is 37.2 Å². The standard InChI is InChI=1S/C50H70N8O4S2/c1-5-33(6-2)27-49(21-11-9-12-22-49)47(61)57-43-37(45(59)39(51)25-35-29-53-31-55-35)17-15-19-41(43)63-64-42-20-16-18-38(46(60)40(52)26-36-30-54-32-56-36)44(42)58-48(62)50(23-13-10-14-24-50)28-34(7-3)8-4/h15-20,29-34,39-40H,5-14,21-28,51-52H2,1-4H3,(H,53,55)(H,54,56)(H,57,61)(H,58,62)/t39-,40-/m0/s1. The Morgan fingerprint density at radius 2 is 0.984 bits per heavy atom. The van der Waals surface area contributed by atoms with Crippen LogP contribution in [0.25, 0.3) is 0 Å². The molecule has 346 valence electrons. The summed E-state index contributed by atoms with van der Waals surface area (Å²) in [5, 5.41) is 6.69. The maximum Gasteiger partial charge on any atom is 0.230 e. The number of nitrogens with two attached hydrogens (primary N) is 2. The van der Waals surface area contributed by atoms with Crippen LogP contribution in [-0.4, -0.2) is 55.4 Å². The molecule has 2 heterocycles. The van der Waals surface area contributed by atoms with Crippen LogP contribution in [0.2, 0.25) is 0 Å². The summed E-state index contributed by atoms with van der Waals surface area (Å²) in [6.07, 6.45) is 21.8. The first kappa shape index (κ1) is 49.2. The Hall–Kier alpha value is -4.24. The maximum absolute atomic E-state index is 14.9. The summed E-state index contributed by atoms with van der Waals surface area (Å²) >= 11 is 0. The summed E-state index contributed by atoms with van der Waals surface area (Å²) in [5.41, 5.74) is 15.1. The fraction of sp³-hybridized carbons (Fsp3) is 0.560. The lowest BCUT2D eigenvalue weighted by Crippen LogP contribution is -2.40. The highest BCUT2D eigenvalue weighted by Crippen LogP contribution is 2.49. The number of nitrogens with one attached hydrogen (secondary N) is 4. The summed E-state index contributed by atoms with van der Waals surface area (Å²) in [6.45, 7) is 8.77. The van der Waals surface area contributed by atoms with E-state index < -0.39 is 22.9 Å². The van der Waals surface area contributed by atoms with Gasteiger partial charge in [0.05, 0.1) is 36.1 Å². The number of imidazole rings is 2. The average molecular weight is 911 g/mol. The highest BCUT2D eigenvalue weighted by Gasteiger charge is 2.43. The molecule has 64 heavy (non-hydrogen) atoms. The second kappa shape index (κ2) is 23.3. The van der Waals surface area contributed by atoms with E-state index in [0.717, 1.165) is 114 Å². The van der Waals surface area contributed by atoms with Gasteiger partial charge in [0.25, 0.3) is 0 Å². The molecule has 2 aliphatic carbocycles. The number of para-hydroxylation sites is 2. The van der Waals surface area contributed by atoms with Crippen molar-refractivity contribution in [2.45, 2.75) is 165 Å². The van der Waals surface area contributed by atoms with Crippen molar-refractivity contribution in [3.8, 4) is 0 Å². The number of carbonyl (C=O) groups is 4. The van der Waals surface area contributed by atoms with Crippen LogP contribution < -0.4 is 22.1 Å². The fourth-order valence-corrected chi connectivity index (χ4v) is 12.4. The minimum atomic E-state index is -0.889. The van der Waals surface area contributed by atoms with E-state index >= 15 is 0 Å². The normalized spacial score (nSPS) is 16.9. The van der Waals surface area contributed by atoms with Crippen molar-refractivity contribution in [3.63, 3.8) is 0 Å². The summed E-state index contributed by atoms with van der Waals surface area (Å²) < 4.78 is 0. The summed E-state index contributed by atoms with van der Waals surface area (Å²) in [5.74, 6) is 0.110. The first-order valence-electron chi connectivity index (χ1n) is 23.7. The molecule has 12 nitrogen and oxygen atoms in total. The van der Waals surface area contributed by atoms with E-state index in [-0.39, 0.29) is 36.2 Å². The number of anilines is 2. The monoisotopic (exact) mass is 910 g/mol. The number of Topliss-reactive ketones (excluding diaryl/α,β-unsaturated/α-hetero) is 2. The predicted molar refractivity (Wildman–Crippen MR) is 259 cm³/mol. The van der Waals surface area contributed by atoms with Crippen LogP contribution in [0.3, 0.4) is 0 Å². The number of nitrogens with zero attached hydrogens (tertiary/aromatic N) is 2. The zero-order chi connectivity index (χ0) is 45.7. The Balaban J connectivity index is 1.39. The van der Waals surface area contributed by atoms with Gasteiger partial charge in [0.1, 0.15) is 0 Å². The molecule has 4 aromatic rings. The van der Waals surface area contributed by atoms with Gasteiger partial charge in [-0.2, -0.15) is 0 Å². The molecule has 0 bridgehead atoms. The highest BCUT2D eigenvalue weighted by molar-refractivity contribution is 8.76. The van der Waals surface area contributed by atoms with Crippen molar-refractivity contribution in [1.29, 1.82) is 0 Å². The van der Waals surface area contributed by atoms with Crippen molar-refractivity contribution in [1.82, 2.24) is 19.9 Å². The maximum atomic E-state index is 14.9. The molecule has 2 fully saturated rings. The van der Waals surface area contributed by atoms with E-state index in [4.69, 9.17) is 11.5 Å². The van der Waals surface area contributed by atoms with Gasteiger partial charge in [-0.3, -0.25) is 19.2 Å². The van der Waals surface area contributed by atoms with Crippen molar-refractivity contribution in [2.75, 3.05) is 10.6 Å². The molecule has 2 aromatic carbocycles. The number of carbonyl (C=O) groups excluding carboxylic acids is 4. The number of hydrogen-bond donors (Lipinski definition) is 6. The molecule has 0 radical (unpaired) electrons. The molecule has 8 N–H and O–H groups in total. The van der Waals surface area contributed by atoms with Crippen LogP contribution in [-0.2, 0) is 22.4 Å². The molecule has 2 aliphatic rings. The van der Waals surface area contributed by atoms with Crippen LogP contribution in [0.15, 0.2) is 71.2 Å². The Kier molecular flexibility index (Phi) is 17.9. The first-order chi connectivity index (χ1) is 31.0. The average Bonchev–Trinajstić information content (AvgIpc) is 4.05. The second-order valence-electron chi connectivity index (χ2n) is 18.4. The molecular weight excluding hydrogens is 841 g/mol. The first-order valence-corrected chi connectivity index (χ1v) is 25.9. The zero-order valence-electron chi connectivity index (χ0n) is 38.3. The lowest BCUT2D eigenvalue weighted by molar-refractivity contribution is -0.129. The van der Waals surface area contributed by atoms with E-state index in [9.17, 15) is 19.2 Å². The molecule has 2 saturated carbocycles. The van der Waals surface area contributed by atoms with E-state index in [1.807, 2.05) is 24.3 Å². The third-order valence-electron chi connectivity index (χ3n) is 14.2. The summed E-state index contributed by atoms with van der Waals surface area (Å²) in [6, 6.07) is 9.14. The van der Waals surface area contributed by atoms with Gasteiger partial charge >= 0.3 is 0 Å².